The first-order valence-corrected chi connectivity index (χ1v) is 5.65. The molecule has 0 aromatic heterocycles. The molecule has 0 bridgehead atoms. The average Bonchev–Trinajstić information content (AvgIpc) is 2.48. The van der Waals surface area contributed by atoms with Gasteiger partial charge in [-0.05, 0) is 27.4 Å². The number of carboxylic acid groups (broad SMARTS) is 1. The number of hydrazone groups is 1. The van der Waals surface area contributed by atoms with Crippen molar-refractivity contribution in [3.63, 3.8) is 0 Å². The molecule has 1 N–H and O–H groups in total. The van der Waals surface area contributed by atoms with E-state index < -0.39 is 5.97 Å². The largest absolute Gasteiger partial charge is 0.481 e. The van der Waals surface area contributed by atoms with Gasteiger partial charge in [-0.25, -0.2) is 5.01 Å². The van der Waals surface area contributed by atoms with Gasteiger partial charge in [0.05, 0.1) is 12.5 Å². The van der Waals surface area contributed by atoms with Crippen LogP contribution in [0.5, 0.6) is 0 Å². The highest BCUT2D eigenvalue weighted by Crippen LogP contribution is 2.20. The van der Waals surface area contributed by atoms with Crippen LogP contribution >= 0.6 is 0 Å². The summed E-state index contributed by atoms with van der Waals surface area (Å²) in [6.07, 6.45) is 0.340. The molecule has 1 rings (SSSR count). The van der Waals surface area contributed by atoms with E-state index in [1.807, 2.05) is 19.0 Å². The molecule has 1 aliphatic rings. The maximum atomic E-state index is 11.9. The van der Waals surface area contributed by atoms with Gasteiger partial charge in [-0.2, -0.15) is 5.10 Å². The first kappa shape index (κ1) is 13.6. The number of carbonyl (C=O) groups excluding carboxylic acids is 1. The van der Waals surface area contributed by atoms with E-state index in [4.69, 9.17) is 5.11 Å². The minimum atomic E-state index is -0.877. The summed E-state index contributed by atoms with van der Waals surface area (Å²) in [4.78, 5) is 24.4. The van der Waals surface area contributed by atoms with Gasteiger partial charge >= 0.3 is 5.97 Å². The van der Waals surface area contributed by atoms with Crippen molar-refractivity contribution >= 4 is 17.6 Å². The van der Waals surface area contributed by atoms with Gasteiger partial charge in [-0.15, -0.1) is 0 Å². The molecule has 0 radical (unpaired) electrons. The fourth-order valence-corrected chi connectivity index (χ4v) is 1.72. The summed E-state index contributed by atoms with van der Waals surface area (Å²) in [7, 11) is 3.86. The third-order valence-electron chi connectivity index (χ3n) is 2.74. The molecule has 0 saturated heterocycles. The quantitative estimate of drug-likeness (QED) is 0.723. The Labute approximate surface area is 101 Å². The molecular formula is C11H19N3O3. The second-order valence-corrected chi connectivity index (χ2v) is 4.49. The Balaban J connectivity index is 2.52. The van der Waals surface area contributed by atoms with E-state index in [1.165, 1.54) is 5.01 Å². The van der Waals surface area contributed by atoms with Gasteiger partial charge in [0, 0.05) is 18.7 Å². The number of amides is 1. The molecule has 0 aromatic rings. The molecule has 17 heavy (non-hydrogen) atoms. The van der Waals surface area contributed by atoms with Crippen molar-refractivity contribution in [3.8, 4) is 0 Å². The normalized spacial score (nSPS) is 20.0. The molecule has 0 aromatic carbocycles. The van der Waals surface area contributed by atoms with Crippen LogP contribution in [0.4, 0.5) is 0 Å². The monoisotopic (exact) mass is 241 g/mol. The van der Waals surface area contributed by atoms with Gasteiger partial charge in [0.15, 0.2) is 0 Å². The highest BCUT2D eigenvalue weighted by molar-refractivity contribution is 6.07. The fourth-order valence-electron chi connectivity index (χ4n) is 1.72. The Morgan fingerprint density at radius 1 is 1.53 bits per heavy atom. The molecule has 0 aliphatic carbocycles. The van der Waals surface area contributed by atoms with Crippen molar-refractivity contribution in [3.05, 3.63) is 0 Å². The number of likely N-dealkylation sites (N-methyl/N-ethyl adjacent to an activating group) is 1. The van der Waals surface area contributed by atoms with Crippen LogP contribution in [0.3, 0.4) is 0 Å². The van der Waals surface area contributed by atoms with Gasteiger partial charge in [0.25, 0.3) is 5.91 Å². The zero-order valence-electron chi connectivity index (χ0n) is 10.5. The average molecular weight is 241 g/mol. The Hall–Kier alpha value is -1.43. The molecule has 1 amide bonds. The number of hydrogen-bond donors (Lipinski definition) is 1. The Morgan fingerprint density at radius 2 is 2.18 bits per heavy atom. The van der Waals surface area contributed by atoms with Crippen molar-refractivity contribution in [2.45, 2.75) is 19.8 Å². The number of aliphatic carboxylic acids is 1. The van der Waals surface area contributed by atoms with Gasteiger partial charge in [-0.1, -0.05) is 0 Å². The summed E-state index contributed by atoms with van der Waals surface area (Å²) in [5.74, 6) is -1.31. The second-order valence-electron chi connectivity index (χ2n) is 4.49. The molecule has 0 fully saturated rings. The van der Waals surface area contributed by atoms with E-state index in [0.717, 1.165) is 12.3 Å². The van der Waals surface area contributed by atoms with Gasteiger partial charge in [0.2, 0.25) is 0 Å². The lowest BCUT2D eigenvalue weighted by Crippen LogP contribution is -2.33. The molecule has 1 heterocycles. The van der Waals surface area contributed by atoms with E-state index in [9.17, 15) is 9.59 Å². The summed E-state index contributed by atoms with van der Waals surface area (Å²) in [5, 5.41) is 14.2. The zero-order valence-corrected chi connectivity index (χ0v) is 10.5. The second kappa shape index (κ2) is 5.77. The lowest BCUT2D eigenvalue weighted by molar-refractivity contribution is -0.137. The third kappa shape index (κ3) is 3.81. The van der Waals surface area contributed by atoms with E-state index >= 15 is 0 Å². The number of carbonyl (C=O) groups is 2. The zero-order chi connectivity index (χ0) is 13.0. The van der Waals surface area contributed by atoms with Crippen molar-refractivity contribution in [2.75, 3.05) is 27.2 Å². The molecule has 96 valence electrons. The molecule has 6 heteroatoms. The van der Waals surface area contributed by atoms with Crippen LogP contribution in [-0.4, -0.2) is 59.8 Å². The van der Waals surface area contributed by atoms with Gasteiger partial charge in [-0.3, -0.25) is 9.59 Å². The number of rotatable bonds is 6. The van der Waals surface area contributed by atoms with E-state index in [2.05, 4.69) is 5.10 Å². The molecular weight excluding hydrogens is 222 g/mol. The lowest BCUT2D eigenvalue weighted by Gasteiger charge is -2.16. The predicted molar refractivity (Wildman–Crippen MR) is 63.7 cm³/mol. The Kier molecular flexibility index (Phi) is 4.62. The molecule has 1 atom stereocenters. The van der Waals surface area contributed by atoms with E-state index in [0.29, 0.717) is 13.0 Å². The van der Waals surface area contributed by atoms with E-state index in [-0.39, 0.29) is 18.2 Å². The maximum absolute atomic E-state index is 11.9. The molecule has 0 spiro atoms. The highest BCUT2D eigenvalue weighted by atomic mass is 16.4. The maximum Gasteiger partial charge on any atom is 0.303 e. The highest BCUT2D eigenvalue weighted by Gasteiger charge is 2.33. The minimum absolute atomic E-state index is 0.00475. The molecule has 6 nitrogen and oxygen atoms in total. The van der Waals surface area contributed by atoms with Crippen molar-refractivity contribution in [1.82, 2.24) is 9.91 Å². The number of hydrogen-bond acceptors (Lipinski definition) is 4. The number of carboxylic acids is 1. The standard InChI is InChI=1S/C11H19N3O3/c1-8-9(4-5-10(15)16)11(17)14(12-8)7-6-13(2)3/h9H,4-7H2,1-3H3,(H,15,16). The van der Waals surface area contributed by atoms with Crippen molar-refractivity contribution in [2.24, 2.45) is 11.0 Å². The first-order chi connectivity index (χ1) is 7.91. The van der Waals surface area contributed by atoms with Crippen LogP contribution in [0.15, 0.2) is 5.10 Å². The SMILES string of the molecule is CC1=NN(CCN(C)C)C(=O)C1CCC(=O)O. The van der Waals surface area contributed by atoms with Crippen LogP contribution in [0.1, 0.15) is 19.8 Å². The predicted octanol–water partition coefficient (Wildman–Crippen LogP) is 0.247. The van der Waals surface area contributed by atoms with E-state index in [1.54, 1.807) is 6.92 Å². The fraction of sp³-hybridized carbons (Fsp3) is 0.727. The van der Waals surface area contributed by atoms with Crippen LogP contribution in [0.2, 0.25) is 0 Å². The summed E-state index contributed by atoms with van der Waals surface area (Å²) in [5.41, 5.74) is 0.718. The summed E-state index contributed by atoms with van der Waals surface area (Å²) >= 11 is 0. The molecule has 1 unspecified atom stereocenters. The van der Waals surface area contributed by atoms with Gasteiger partial charge < -0.3 is 10.0 Å². The first-order valence-electron chi connectivity index (χ1n) is 5.65. The molecule has 1 aliphatic heterocycles. The summed E-state index contributed by atoms with van der Waals surface area (Å²) < 4.78 is 0. The lowest BCUT2D eigenvalue weighted by atomic mass is 9.98. The van der Waals surface area contributed by atoms with Crippen LogP contribution in [-0.2, 0) is 9.59 Å². The topological polar surface area (TPSA) is 73.2 Å². The van der Waals surface area contributed by atoms with Gasteiger partial charge in [0.1, 0.15) is 0 Å². The molecule has 0 saturated carbocycles. The minimum Gasteiger partial charge on any atom is -0.481 e. The van der Waals surface area contributed by atoms with Crippen LogP contribution in [0.25, 0.3) is 0 Å². The number of nitrogens with zero attached hydrogens (tertiary/aromatic N) is 3. The summed E-state index contributed by atoms with van der Waals surface area (Å²) in [6.45, 7) is 3.07. The Morgan fingerprint density at radius 3 is 2.71 bits per heavy atom. The van der Waals surface area contributed by atoms with Crippen LogP contribution in [0, 0.1) is 5.92 Å². The third-order valence-corrected chi connectivity index (χ3v) is 2.74. The Bertz CT molecular complexity index is 339. The smallest absolute Gasteiger partial charge is 0.303 e. The van der Waals surface area contributed by atoms with Crippen LogP contribution < -0.4 is 0 Å². The summed E-state index contributed by atoms with van der Waals surface area (Å²) in [6, 6.07) is 0. The van der Waals surface area contributed by atoms with Crippen molar-refractivity contribution < 1.29 is 14.7 Å². The van der Waals surface area contributed by atoms with Crippen molar-refractivity contribution in [1.29, 1.82) is 0 Å².